The number of nitro groups is 1. The number of carbonyl (C=O) groups is 1. The molecule has 7 nitrogen and oxygen atoms in total. The fraction of sp³-hybridized carbons (Fsp3) is 0.500. The summed E-state index contributed by atoms with van der Waals surface area (Å²) in [6.45, 7) is 0.922. The number of amides is 1. The van der Waals surface area contributed by atoms with Gasteiger partial charge >= 0.3 is 0 Å². The molecular formula is C12H14ClFN4O3. The van der Waals surface area contributed by atoms with Gasteiger partial charge in [0.15, 0.2) is 6.17 Å². The van der Waals surface area contributed by atoms with Crippen molar-refractivity contribution < 1.29 is 14.1 Å². The second-order valence-electron chi connectivity index (χ2n) is 4.88. The Morgan fingerprint density at radius 3 is 2.67 bits per heavy atom. The van der Waals surface area contributed by atoms with Crippen LogP contribution in [-0.2, 0) is 4.79 Å². The van der Waals surface area contributed by atoms with Crippen LogP contribution in [0.15, 0.2) is 12.3 Å². The minimum absolute atomic E-state index is 0.175. The van der Waals surface area contributed by atoms with Crippen LogP contribution in [0.3, 0.4) is 0 Å². The summed E-state index contributed by atoms with van der Waals surface area (Å²) < 4.78 is 13.6. The first kappa shape index (κ1) is 15.4. The predicted octanol–water partition coefficient (Wildman–Crippen LogP) is 1.68. The molecule has 1 aliphatic rings. The van der Waals surface area contributed by atoms with E-state index in [0.717, 1.165) is 6.20 Å². The van der Waals surface area contributed by atoms with E-state index < -0.39 is 22.9 Å². The zero-order valence-corrected chi connectivity index (χ0v) is 11.8. The van der Waals surface area contributed by atoms with E-state index in [2.05, 4.69) is 4.98 Å². The number of piperidine rings is 1. The SMILES string of the molecule is NC(=O)C(F)C1CCN(c2ncc([N+](=O)[O-])cc2Cl)CC1. The van der Waals surface area contributed by atoms with Crippen LogP contribution < -0.4 is 10.6 Å². The minimum Gasteiger partial charge on any atom is -0.367 e. The number of alkyl halides is 1. The van der Waals surface area contributed by atoms with Gasteiger partial charge in [-0.05, 0) is 12.8 Å². The van der Waals surface area contributed by atoms with E-state index in [9.17, 15) is 19.3 Å². The van der Waals surface area contributed by atoms with Gasteiger partial charge in [-0.1, -0.05) is 11.6 Å². The summed E-state index contributed by atoms with van der Waals surface area (Å²) in [7, 11) is 0. The van der Waals surface area contributed by atoms with Gasteiger partial charge in [-0.3, -0.25) is 14.9 Å². The van der Waals surface area contributed by atoms with Crippen molar-refractivity contribution in [3.8, 4) is 0 Å². The third kappa shape index (κ3) is 3.38. The Labute approximate surface area is 125 Å². The van der Waals surface area contributed by atoms with E-state index in [-0.39, 0.29) is 10.7 Å². The van der Waals surface area contributed by atoms with Gasteiger partial charge in [-0.25, -0.2) is 9.37 Å². The molecule has 1 aromatic rings. The van der Waals surface area contributed by atoms with Crippen molar-refractivity contribution in [2.24, 2.45) is 11.7 Å². The van der Waals surface area contributed by atoms with Gasteiger partial charge in [0, 0.05) is 25.1 Å². The molecule has 9 heteroatoms. The third-order valence-electron chi connectivity index (χ3n) is 3.54. The number of hydrogen-bond acceptors (Lipinski definition) is 5. The second-order valence-corrected chi connectivity index (χ2v) is 5.29. The lowest BCUT2D eigenvalue weighted by atomic mass is 9.92. The van der Waals surface area contributed by atoms with Crippen LogP contribution in [0, 0.1) is 16.0 Å². The van der Waals surface area contributed by atoms with E-state index in [1.165, 1.54) is 6.07 Å². The number of hydrogen-bond donors (Lipinski definition) is 1. The lowest BCUT2D eigenvalue weighted by Crippen LogP contribution is -2.41. The Morgan fingerprint density at radius 2 is 2.19 bits per heavy atom. The molecule has 1 amide bonds. The van der Waals surface area contributed by atoms with Gasteiger partial charge in [0.2, 0.25) is 0 Å². The summed E-state index contributed by atoms with van der Waals surface area (Å²) in [5.41, 5.74) is 4.77. The number of nitrogens with two attached hydrogens (primary N) is 1. The third-order valence-corrected chi connectivity index (χ3v) is 3.82. The highest BCUT2D eigenvalue weighted by Crippen LogP contribution is 2.31. The largest absolute Gasteiger partial charge is 0.367 e. The average molecular weight is 317 g/mol. The lowest BCUT2D eigenvalue weighted by Gasteiger charge is -2.33. The molecule has 0 bridgehead atoms. The Balaban J connectivity index is 2.05. The summed E-state index contributed by atoms with van der Waals surface area (Å²) in [4.78, 5) is 26.7. The van der Waals surface area contributed by atoms with E-state index >= 15 is 0 Å². The molecule has 21 heavy (non-hydrogen) atoms. The fourth-order valence-electron chi connectivity index (χ4n) is 2.39. The summed E-state index contributed by atoms with van der Waals surface area (Å²) in [5, 5.41) is 10.8. The van der Waals surface area contributed by atoms with E-state index in [1.54, 1.807) is 0 Å². The molecule has 1 saturated heterocycles. The first-order valence-corrected chi connectivity index (χ1v) is 6.76. The van der Waals surface area contributed by atoms with Crippen LogP contribution in [-0.4, -0.2) is 35.1 Å². The smallest absolute Gasteiger partial charge is 0.289 e. The molecule has 2 rings (SSSR count). The zero-order valence-electron chi connectivity index (χ0n) is 11.0. The molecule has 0 radical (unpaired) electrons. The molecular weight excluding hydrogens is 303 g/mol. The fourth-order valence-corrected chi connectivity index (χ4v) is 2.67. The van der Waals surface area contributed by atoms with Gasteiger partial charge in [0.25, 0.3) is 11.6 Å². The summed E-state index contributed by atoms with van der Waals surface area (Å²) >= 11 is 6.00. The Bertz CT molecular complexity index is 563. The molecule has 114 valence electrons. The first-order chi connectivity index (χ1) is 9.90. The lowest BCUT2D eigenvalue weighted by molar-refractivity contribution is -0.385. The molecule has 0 aromatic carbocycles. The number of carbonyl (C=O) groups excluding carboxylic acids is 1. The van der Waals surface area contributed by atoms with Crippen molar-refractivity contribution in [3.63, 3.8) is 0 Å². The molecule has 0 aliphatic carbocycles. The highest BCUT2D eigenvalue weighted by molar-refractivity contribution is 6.33. The molecule has 1 aromatic heterocycles. The van der Waals surface area contributed by atoms with Crippen LogP contribution in [0.4, 0.5) is 15.9 Å². The van der Waals surface area contributed by atoms with Gasteiger partial charge < -0.3 is 10.6 Å². The maximum absolute atomic E-state index is 13.6. The topological polar surface area (TPSA) is 102 Å². The first-order valence-electron chi connectivity index (χ1n) is 6.38. The average Bonchev–Trinajstić information content (AvgIpc) is 2.46. The van der Waals surface area contributed by atoms with Gasteiger partial charge in [0.1, 0.15) is 12.0 Å². The van der Waals surface area contributed by atoms with Gasteiger partial charge in [-0.15, -0.1) is 0 Å². The maximum atomic E-state index is 13.6. The van der Waals surface area contributed by atoms with Gasteiger partial charge in [-0.2, -0.15) is 0 Å². The molecule has 0 spiro atoms. The monoisotopic (exact) mass is 316 g/mol. The number of anilines is 1. The van der Waals surface area contributed by atoms with Crippen molar-refractivity contribution >= 4 is 29.0 Å². The number of aromatic nitrogens is 1. The number of halogens is 2. The maximum Gasteiger partial charge on any atom is 0.289 e. The minimum atomic E-state index is -1.65. The second kappa shape index (κ2) is 6.21. The predicted molar refractivity (Wildman–Crippen MR) is 74.9 cm³/mol. The van der Waals surface area contributed by atoms with Crippen LogP contribution in [0.2, 0.25) is 5.02 Å². The van der Waals surface area contributed by atoms with Crippen molar-refractivity contribution in [1.29, 1.82) is 0 Å². The van der Waals surface area contributed by atoms with Crippen LogP contribution in [0.5, 0.6) is 0 Å². The summed E-state index contributed by atoms with van der Waals surface area (Å²) in [5.74, 6) is -0.925. The van der Waals surface area contributed by atoms with Crippen LogP contribution in [0.25, 0.3) is 0 Å². The van der Waals surface area contributed by atoms with Crippen molar-refractivity contribution in [2.45, 2.75) is 19.0 Å². The van der Waals surface area contributed by atoms with Crippen LogP contribution >= 0.6 is 11.6 Å². The van der Waals surface area contributed by atoms with E-state index in [4.69, 9.17) is 17.3 Å². The molecule has 2 N–H and O–H groups in total. The molecule has 1 fully saturated rings. The van der Waals surface area contributed by atoms with Crippen molar-refractivity contribution in [2.75, 3.05) is 18.0 Å². The van der Waals surface area contributed by atoms with Gasteiger partial charge in [0.05, 0.1) is 9.95 Å². The summed E-state index contributed by atoms with van der Waals surface area (Å²) in [6, 6.07) is 1.23. The number of rotatable bonds is 4. The van der Waals surface area contributed by atoms with Crippen LogP contribution in [0.1, 0.15) is 12.8 Å². The van der Waals surface area contributed by atoms with Crippen molar-refractivity contribution in [3.05, 3.63) is 27.4 Å². The molecule has 1 aliphatic heterocycles. The van der Waals surface area contributed by atoms with E-state index in [1.807, 2.05) is 4.90 Å². The molecule has 0 saturated carbocycles. The standard InChI is InChI=1S/C12H14ClFN4O3/c13-9-5-8(18(20)21)6-16-12(9)17-3-1-7(2-4-17)10(14)11(15)19/h5-7,10H,1-4H2,(H2,15,19). The zero-order chi connectivity index (χ0) is 15.6. The molecule has 1 unspecified atom stereocenters. The van der Waals surface area contributed by atoms with E-state index in [0.29, 0.717) is 31.7 Å². The Kier molecular flexibility index (Phi) is 4.56. The number of pyridine rings is 1. The highest BCUT2D eigenvalue weighted by Gasteiger charge is 2.31. The number of primary amides is 1. The Morgan fingerprint density at radius 1 is 1.57 bits per heavy atom. The number of nitrogens with zero attached hydrogens (tertiary/aromatic N) is 3. The molecule has 1 atom stereocenters. The molecule has 2 heterocycles. The van der Waals surface area contributed by atoms with Crippen molar-refractivity contribution in [1.82, 2.24) is 4.98 Å². The normalized spacial score (nSPS) is 17.5. The Hall–Kier alpha value is -1.96. The quantitative estimate of drug-likeness (QED) is 0.672. The highest BCUT2D eigenvalue weighted by atomic mass is 35.5. The summed E-state index contributed by atoms with van der Waals surface area (Å²) in [6.07, 6.45) is 0.375.